The summed E-state index contributed by atoms with van der Waals surface area (Å²) in [6, 6.07) is 0. The zero-order valence-electron chi connectivity index (χ0n) is 25.0. The topological polar surface area (TPSA) is 145 Å². The first-order valence-electron chi connectivity index (χ1n) is 14.0. The summed E-state index contributed by atoms with van der Waals surface area (Å²) in [6.07, 6.45) is 6.56. The average molecular weight is 555 g/mol. The van der Waals surface area contributed by atoms with Crippen LogP contribution in [0.3, 0.4) is 0 Å². The van der Waals surface area contributed by atoms with Crippen molar-refractivity contribution in [1.82, 2.24) is 10.6 Å². The van der Waals surface area contributed by atoms with Crippen LogP contribution in [-0.4, -0.2) is 62.6 Å². The van der Waals surface area contributed by atoms with Gasteiger partial charge < -0.3 is 20.1 Å². The Balaban J connectivity index is 0.000000705. The SMILES string of the molecule is CC(CNC(=O)C1(C)CCCC1=O)CC(C)(C)CCNC=O.CCOC(=O)C1(C)CCCC1=O.CCOC=O. The molecule has 2 N–H and O–H groups in total. The molecule has 0 bridgehead atoms. The number of hydrogen-bond donors (Lipinski definition) is 2. The summed E-state index contributed by atoms with van der Waals surface area (Å²) < 4.78 is 8.99. The molecule has 0 radical (unpaired) electrons. The molecule has 39 heavy (non-hydrogen) atoms. The predicted molar refractivity (Wildman–Crippen MR) is 148 cm³/mol. The van der Waals surface area contributed by atoms with Crippen molar-refractivity contribution < 1.29 is 38.2 Å². The average Bonchev–Trinajstić information content (AvgIpc) is 3.40. The van der Waals surface area contributed by atoms with Crippen molar-refractivity contribution >= 4 is 36.3 Å². The Morgan fingerprint density at radius 3 is 1.97 bits per heavy atom. The van der Waals surface area contributed by atoms with Crippen LogP contribution in [0, 0.1) is 22.2 Å². The molecule has 10 nitrogen and oxygen atoms in total. The van der Waals surface area contributed by atoms with Crippen molar-refractivity contribution in [3.8, 4) is 0 Å². The number of hydrogen-bond acceptors (Lipinski definition) is 8. The van der Waals surface area contributed by atoms with E-state index >= 15 is 0 Å². The molecule has 0 aromatic heterocycles. The molecule has 2 aliphatic carbocycles. The first-order chi connectivity index (χ1) is 18.2. The lowest BCUT2D eigenvalue weighted by Gasteiger charge is -2.29. The van der Waals surface area contributed by atoms with Gasteiger partial charge in [0.15, 0.2) is 0 Å². The lowest BCUT2D eigenvalue weighted by Crippen LogP contribution is -2.43. The number of ketones is 2. The summed E-state index contributed by atoms with van der Waals surface area (Å²) in [6.45, 7) is 15.9. The molecule has 0 aliphatic heterocycles. The van der Waals surface area contributed by atoms with Crippen LogP contribution in [0.1, 0.15) is 99.8 Å². The molecule has 3 unspecified atom stereocenters. The van der Waals surface area contributed by atoms with E-state index in [4.69, 9.17) is 4.74 Å². The number of amides is 2. The molecule has 2 amide bonds. The van der Waals surface area contributed by atoms with Gasteiger partial charge in [-0.3, -0.25) is 28.8 Å². The molecule has 2 aliphatic rings. The van der Waals surface area contributed by atoms with Gasteiger partial charge >= 0.3 is 5.97 Å². The molecular formula is C29H50N2O8. The largest absolute Gasteiger partial charge is 0.468 e. The maximum Gasteiger partial charge on any atom is 0.319 e. The molecule has 2 rings (SSSR count). The molecule has 224 valence electrons. The van der Waals surface area contributed by atoms with E-state index in [2.05, 4.69) is 36.1 Å². The van der Waals surface area contributed by atoms with Gasteiger partial charge in [-0.05, 0) is 77.6 Å². The zero-order valence-corrected chi connectivity index (χ0v) is 25.0. The number of esters is 1. The van der Waals surface area contributed by atoms with E-state index in [1.165, 1.54) is 0 Å². The van der Waals surface area contributed by atoms with Crippen molar-refractivity contribution in [3.05, 3.63) is 0 Å². The Morgan fingerprint density at radius 1 is 1.00 bits per heavy atom. The normalized spacial score (nSPS) is 22.8. The Hall–Kier alpha value is -2.78. The minimum absolute atomic E-state index is 0.0287. The van der Waals surface area contributed by atoms with Gasteiger partial charge in [0.25, 0.3) is 6.47 Å². The van der Waals surface area contributed by atoms with Crippen LogP contribution in [0.5, 0.6) is 0 Å². The lowest BCUT2D eigenvalue weighted by molar-refractivity contribution is -0.157. The number of rotatable bonds is 13. The Kier molecular flexibility index (Phi) is 16.5. The van der Waals surface area contributed by atoms with E-state index in [0.29, 0.717) is 64.4 Å². The highest BCUT2D eigenvalue weighted by atomic mass is 16.5. The van der Waals surface area contributed by atoms with Crippen molar-refractivity contribution in [1.29, 1.82) is 0 Å². The van der Waals surface area contributed by atoms with Crippen LogP contribution in [0.15, 0.2) is 0 Å². The van der Waals surface area contributed by atoms with E-state index in [-0.39, 0.29) is 28.9 Å². The maximum absolute atomic E-state index is 12.3. The van der Waals surface area contributed by atoms with Gasteiger partial charge in [0.05, 0.1) is 13.2 Å². The highest BCUT2D eigenvalue weighted by Gasteiger charge is 2.45. The number of carbonyl (C=O) groups excluding carboxylic acids is 6. The Bertz CT molecular complexity index is 828. The molecular weight excluding hydrogens is 504 g/mol. The second-order valence-corrected chi connectivity index (χ2v) is 11.5. The summed E-state index contributed by atoms with van der Waals surface area (Å²) in [5.74, 6) is -0.0519. The summed E-state index contributed by atoms with van der Waals surface area (Å²) >= 11 is 0. The monoisotopic (exact) mass is 554 g/mol. The van der Waals surface area contributed by atoms with Crippen LogP contribution in [0.2, 0.25) is 0 Å². The molecule has 2 fully saturated rings. The lowest BCUT2D eigenvalue weighted by atomic mass is 9.80. The number of carbonyl (C=O) groups is 6. The fourth-order valence-electron chi connectivity index (χ4n) is 4.90. The van der Waals surface area contributed by atoms with E-state index in [0.717, 1.165) is 32.1 Å². The highest BCUT2D eigenvalue weighted by molar-refractivity contribution is 6.07. The first kappa shape index (κ1) is 36.2. The fraction of sp³-hybridized carbons (Fsp3) is 0.793. The molecule has 0 saturated heterocycles. The maximum atomic E-state index is 12.3. The number of ether oxygens (including phenoxy) is 2. The van der Waals surface area contributed by atoms with Gasteiger partial charge in [0.1, 0.15) is 22.4 Å². The van der Waals surface area contributed by atoms with Crippen LogP contribution in [-0.2, 0) is 38.2 Å². The van der Waals surface area contributed by atoms with E-state index in [1.807, 2.05) is 0 Å². The first-order valence-corrected chi connectivity index (χ1v) is 14.0. The molecule has 0 heterocycles. The van der Waals surface area contributed by atoms with Crippen molar-refractivity contribution in [2.24, 2.45) is 22.2 Å². The number of Topliss-reactive ketones (excluding diaryl/α,β-unsaturated/α-hetero) is 2. The molecule has 2 saturated carbocycles. The van der Waals surface area contributed by atoms with E-state index in [1.54, 1.807) is 27.7 Å². The quantitative estimate of drug-likeness (QED) is 0.152. The third-order valence-electron chi connectivity index (χ3n) is 7.40. The van der Waals surface area contributed by atoms with Gasteiger partial charge in [-0.25, -0.2) is 0 Å². The predicted octanol–water partition coefficient (Wildman–Crippen LogP) is 3.54. The van der Waals surface area contributed by atoms with Gasteiger partial charge in [0.2, 0.25) is 12.3 Å². The minimum Gasteiger partial charge on any atom is -0.468 e. The zero-order chi connectivity index (χ0) is 30.1. The van der Waals surface area contributed by atoms with Crippen LogP contribution >= 0.6 is 0 Å². The summed E-state index contributed by atoms with van der Waals surface area (Å²) in [5.41, 5.74) is -1.55. The van der Waals surface area contributed by atoms with E-state index in [9.17, 15) is 28.8 Å². The molecule has 0 aromatic carbocycles. The molecule has 3 atom stereocenters. The second-order valence-electron chi connectivity index (χ2n) is 11.5. The minimum atomic E-state index is -0.837. The van der Waals surface area contributed by atoms with Gasteiger partial charge in [-0.2, -0.15) is 0 Å². The van der Waals surface area contributed by atoms with Crippen molar-refractivity contribution in [2.75, 3.05) is 26.3 Å². The molecule has 0 spiro atoms. The van der Waals surface area contributed by atoms with Gasteiger partial charge in [-0.1, -0.05) is 20.8 Å². The van der Waals surface area contributed by atoms with Crippen LogP contribution in [0.25, 0.3) is 0 Å². The van der Waals surface area contributed by atoms with Crippen LogP contribution in [0.4, 0.5) is 0 Å². The standard InChI is InChI=1S/C17H30N2O3.C9H14O3.C3H6O2/c1-13(10-16(2,3)8-9-18-12-20)11-19-15(22)17(4)7-5-6-14(17)21;1-3-12-8(11)9(2)6-4-5-7(9)10;1-2-5-3-4/h12-13H,5-11H2,1-4H3,(H,18,20)(H,19,22);3-6H2,1-2H3;3H,2H2,1H3. The highest BCUT2D eigenvalue weighted by Crippen LogP contribution is 2.36. The smallest absolute Gasteiger partial charge is 0.319 e. The number of nitrogens with one attached hydrogen (secondary N) is 2. The van der Waals surface area contributed by atoms with E-state index < -0.39 is 10.8 Å². The third-order valence-corrected chi connectivity index (χ3v) is 7.40. The fourth-order valence-corrected chi connectivity index (χ4v) is 4.90. The van der Waals surface area contributed by atoms with Crippen LogP contribution < -0.4 is 10.6 Å². The summed E-state index contributed by atoms with van der Waals surface area (Å²) in [7, 11) is 0. The molecule has 0 aromatic rings. The molecule has 10 heteroatoms. The van der Waals surface area contributed by atoms with Gasteiger partial charge in [-0.15, -0.1) is 0 Å². The third kappa shape index (κ3) is 12.3. The van der Waals surface area contributed by atoms with Crippen molar-refractivity contribution in [3.63, 3.8) is 0 Å². The van der Waals surface area contributed by atoms with Crippen molar-refractivity contribution in [2.45, 2.75) is 99.8 Å². The Labute approximate surface area is 233 Å². The second kappa shape index (κ2) is 17.7. The Morgan fingerprint density at radius 2 is 1.56 bits per heavy atom. The van der Waals surface area contributed by atoms with Gasteiger partial charge in [0, 0.05) is 25.9 Å². The summed E-state index contributed by atoms with van der Waals surface area (Å²) in [5, 5.41) is 5.64. The summed E-state index contributed by atoms with van der Waals surface area (Å²) in [4.78, 5) is 66.3.